The zero-order valence-electron chi connectivity index (χ0n) is 17.9. The van der Waals surface area contributed by atoms with Crippen molar-refractivity contribution >= 4 is 28.2 Å². The lowest BCUT2D eigenvalue weighted by molar-refractivity contribution is 0.279. The van der Waals surface area contributed by atoms with Crippen LogP contribution in [-0.4, -0.2) is 52.6 Å². The lowest BCUT2D eigenvalue weighted by Gasteiger charge is -2.27. The van der Waals surface area contributed by atoms with Crippen LogP contribution in [0, 0.1) is 13.8 Å². The fourth-order valence-electron chi connectivity index (χ4n) is 3.58. The monoisotopic (exact) mass is 402 g/mol. The van der Waals surface area contributed by atoms with Gasteiger partial charge in [0.15, 0.2) is 5.11 Å². The van der Waals surface area contributed by atoms with E-state index in [1.165, 1.54) is 5.56 Å². The third kappa shape index (κ3) is 5.79. The van der Waals surface area contributed by atoms with Crippen LogP contribution in [0.25, 0.3) is 10.9 Å². The van der Waals surface area contributed by atoms with Crippen molar-refractivity contribution in [2.24, 2.45) is 0 Å². The molecule has 0 radical (unpaired) electrons. The number of aromatic amines is 1. The van der Waals surface area contributed by atoms with Crippen molar-refractivity contribution < 1.29 is 0 Å². The van der Waals surface area contributed by atoms with Gasteiger partial charge >= 0.3 is 0 Å². The van der Waals surface area contributed by atoms with E-state index < -0.39 is 0 Å². The highest BCUT2D eigenvalue weighted by Gasteiger charge is 2.14. The van der Waals surface area contributed by atoms with Crippen LogP contribution in [0.3, 0.4) is 0 Å². The molecule has 0 amide bonds. The Kier molecular flexibility index (Phi) is 8.45. The van der Waals surface area contributed by atoms with E-state index in [4.69, 9.17) is 12.2 Å². The normalized spacial score (nSPS) is 11.2. The second-order valence-corrected chi connectivity index (χ2v) is 7.69. The van der Waals surface area contributed by atoms with E-state index in [2.05, 4.69) is 46.9 Å². The third-order valence-electron chi connectivity index (χ3n) is 5.16. The van der Waals surface area contributed by atoms with Crippen LogP contribution in [0.1, 0.15) is 43.9 Å². The Balaban J connectivity index is 2.23. The molecule has 0 aliphatic heterocycles. The molecule has 0 aliphatic carbocycles. The Hall–Kier alpha value is -1.92. The van der Waals surface area contributed by atoms with Crippen LogP contribution in [0.4, 0.5) is 0 Å². The molecule has 1 aromatic carbocycles. The molecule has 2 aromatic rings. The summed E-state index contributed by atoms with van der Waals surface area (Å²) in [5.41, 5.74) is 3.94. The summed E-state index contributed by atoms with van der Waals surface area (Å²) in [7, 11) is 0. The Morgan fingerprint density at radius 1 is 1.11 bits per heavy atom. The highest BCUT2D eigenvalue weighted by molar-refractivity contribution is 7.80. The Bertz CT molecular complexity index is 857. The van der Waals surface area contributed by atoms with E-state index >= 15 is 0 Å². The van der Waals surface area contributed by atoms with Crippen LogP contribution in [0.5, 0.6) is 0 Å². The Labute approximate surface area is 174 Å². The van der Waals surface area contributed by atoms with E-state index in [0.717, 1.165) is 61.2 Å². The molecule has 154 valence electrons. The van der Waals surface area contributed by atoms with Gasteiger partial charge in [0, 0.05) is 29.6 Å². The minimum atomic E-state index is -0.0365. The van der Waals surface area contributed by atoms with Gasteiger partial charge in [-0.15, -0.1) is 0 Å². The Morgan fingerprint density at radius 3 is 2.46 bits per heavy atom. The number of pyridine rings is 1. The summed E-state index contributed by atoms with van der Waals surface area (Å²) in [6.45, 7) is 15.8. The predicted octanol–water partition coefficient (Wildman–Crippen LogP) is 3.57. The molecule has 2 rings (SSSR count). The first kappa shape index (κ1) is 22.4. The van der Waals surface area contributed by atoms with Crippen LogP contribution >= 0.6 is 12.2 Å². The van der Waals surface area contributed by atoms with Gasteiger partial charge in [0.25, 0.3) is 5.56 Å². The van der Waals surface area contributed by atoms with Gasteiger partial charge < -0.3 is 20.1 Å². The number of fused-ring (bicyclic) bond motifs is 1. The molecule has 0 fully saturated rings. The van der Waals surface area contributed by atoms with Crippen molar-refractivity contribution in [1.82, 2.24) is 20.1 Å². The average Bonchev–Trinajstić information content (AvgIpc) is 2.65. The molecule has 0 atom stereocenters. The van der Waals surface area contributed by atoms with Gasteiger partial charge in [-0.2, -0.15) is 0 Å². The largest absolute Gasteiger partial charge is 0.363 e. The number of hydrogen-bond acceptors (Lipinski definition) is 3. The lowest BCUT2D eigenvalue weighted by Crippen LogP contribution is -2.41. The van der Waals surface area contributed by atoms with Crippen LogP contribution < -0.4 is 10.9 Å². The fourth-order valence-corrected chi connectivity index (χ4v) is 3.88. The lowest BCUT2D eigenvalue weighted by atomic mass is 10.0. The van der Waals surface area contributed by atoms with E-state index in [9.17, 15) is 4.79 Å². The first-order valence-corrected chi connectivity index (χ1v) is 10.7. The van der Waals surface area contributed by atoms with Crippen molar-refractivity contribution in [2.75, 3.05) is 32.7 Å². The fraction of sp³-hybridized carbons (Fsp3) is 0.545. The summed E-state index contributed by atoms with van der Waals surface area (Å²) < 4.78 is 0. The quantitative estimate of drug-likeness (QED) is 0.628. The smallest absolute Gasteiger partial charge is 0.253 e. The first-order chi connectivity index (χ1) is 13.4. The number of hydrogen-bond donors (Lipinski definition) is 2. The number of rotatable bonds is 9. The van der Waals surface area contributed by atoms with Crippen LogP contribution in [0.2, 0.25) is 0 Å². The summed E-state index contributed by atoms with van der Waals surface area (Å²) in [5, 5.41) is 5.04. The van der Waals surface area contributed by atoms with Gasteiger partial charge in [-0.3, -0.25) is 4.79 Å². The molecule has 0 spiro atoms. The third-order valence-corrected chi connectivity index (χ3v) is 5.57. The summed E-state index contributed by atoms with van der Waals surface area (Å²) >= 11 is 5.58. The Morgan fingerprint density at radius 2 is 1.82 bits per heavy atom. The molecule has 0 bridgehead atoms. The molecule has 0 aliphatic rings. The molecule has 5 nitrogen and oxygen atoms in total. The zero-order chi connectivity index (χ0) is 20.7. The second kappa shape index (κ2) is 10.6. The summed E-state index contributed by atoms with van der Waals surface area (Å²) in [6.07, 6.45) is 1.01. The summed E-state index contributed by atoms with van der Waals surface area (Å²) in [5.74, 6) is 0. The molecule has 1 aromatic heterocycles. The predicted molar refractivity (Wildman–Crippen MR) is 123 cm³/mol. The van der Waals surface area contributed by atoms with Gasteiger partial charge in [0.1, 0.15) is 0 Å². The average molecular weight is 403 g/mol. The van der Waals surface area contributed by atoms with Gasteiger partial charge in [-0.25, -0.2) is 0 Å². The molecule has 28 heavy (non-hydrogen) atoms. The van der Waals surface area contributed by atoms with E-state index in [-0.39, 0.29) is 5.56 Å². The van der Waals surface area contributed by atoms with Gasteiger partial charge in [-0.05, 0) is 82.3 Å². The van der Waals surface area contributed by atoms with Crippen molar-refractivity contribution in [3.05, 3.63) is 45.2 Å². The molecule has 0 unspecified atom stereocenters. The highest BCUT2D eigenvalue weighted by Crippen LogP contribution is 2.19. The van der Waals surface area contributed by atoms with E-state index in [1.807, 2.05) is 26.0 Å². The highest BCUT2D eigenvalue weighted by atomic mass is 32.1. The summed E-state index contributed by atoms with van der Waals surface area (Å²) in [4.78, 5) is 20.3. The van der Waals surface area contributed by atoms with Gasteiger partial charge in [0.05, 0.1) is 6.54 Å². The zero-order valence-corrected chi connectivity index (χ0v) is 18.7. The molecular weight excluding hydrogens is 368 g/mol. The minimum absolute atomic E-state index is 0.0365. The van der Waals surface area contributed by atoms with Crippen molar-refractivity contribution in [2.45, 2.75) is 47.6 Å². The number of nitrogens with one attached hydrogen (secondary N) is 2. The number of aryl methyl sites for hydroxylation is 2. The van der Waals surface area contributed by atoms with Gasteiger partial charge in [0.2, 0.25) is 0 Å². The number of H-pyrrole nitrogens is 1. The van der Waals surface area contributed by atoms with Crippen molar-refractivity contribution in [1.29, 1.82) is 0 Å². The number of nitrogens with zero attached hydrogens (tertiary/aromatic N) is 2. The van der Waals surface area contributed by atoms with Crippen molar-refractivity contribution in [3.63, 3.8) is 0 Å². The maximum Gasteiger partial charge on any atom is 0.253 e. The maximum atomic E-state index is 12.7. The molecule has 0 saturated carbocycles. The second-order valence-electron chi connectivity index (χ2n) is 7.30. The van der Waals surface area contributed by atoms with Gasteiger partial charge in [-0.1, -0.05) is 19.9 Å². The molecular formula is C22H34N4OS. The SMILES string of the molecule is CCNC(=S)N(CCCN(CC)CC)Cc1cc2c(C)cc(C)cc2[nH]c1=O. The summed E-state index contributed by atoms with van der Waals surface area (Å²) in [6, 6.07) is 6.20. The van der Waals surface area contributed by atoms with E-state index in [1.54, 1.807) is 0 Å². The molecule has 6 heteroatoms. The van der Waals surface area contributed by atoms with Crippen LogP contribution in [-0.2, 0) is 6.54 Å². The van der Waals surface area contributed by atoms with Crippen molar-refractivity contribution in [3.8, 4) is 0 Å². The molecule has 2 N–H and O–H groups in total. The molecule has 1 heterocycles. The maximum absolute atomic E-state index is 12.7. The van der Waals surface area contributed by atoms with Crippen LogP contribution in [0.15, 0.2) is 23.0 Å². The minimum Gasteiger partial charge on any atom is -0.363 e. The number of thiocarbonyl (C=S) groups is 1. The standard InChI is InChI=1S/C22H34N4OS/c1-6-23-22(28)26(11-9-10-25(7-2)8-3)15-18-14-19-17(5)12-16(4)13-20(19)24-21(18)27/h12-14H,6-11,15H2,1-5H3,(H,23,28)(H,24,27). The molecule has 0 saturated heterocycles. The number of benzene rings is 1. The first-order valence-electron chi connectivity index (χ1n) is 10.3. The topological polar surface area (TPSA) is 51.4 Å². The number of aromatic nitrogens is 1. The van der Waals surface area contributed by atoms with E-state index in [0.29, 0.717) is 11.7 Å².